The molecule has 1 saturated heterocycles. The van der Waals surface area contributed by atoms with E-state index >= 15 is 0 Å². The molecule has 2 aliphatic heterocycles. The van der Waals surface area contributed by atoms with Crippen LogP contribution in [0.3, 0.4) is 0 Å². The molecule has 0 saturated carbocycles. The molecule has 0 radical (unpaired) electrons. The van der Waals surface area contributed by atoms with Crippen molar-refractivity contribution in [3.8, 4) is 11.5 Å². The fourth-order valence-corrected chi connectivity index (χ4v) is 7.67. The molecule has 5 rings (SSSR count). The number of ether oxygens (including phenoxy) is 2. The Kier molecular flexibility index (Phi) is 5.82. The molecule has 0 spiro atoms. The summed E-state index contributed by atoms with van der Waals surface area (Å²) in [4.78, 5) is 27.4. The third kappa shape index (κ3) is 4.59. The Morgan fingerprint density at radius 2 is 1.94 bits per heavy atom. The van der Waals surface area contributed by atoms with Crippen molar-refractivity contribution < 1.29 is 27.5 Å². The van der Waals surface area contributed by atoms with Crippen molar-refractivity contribution in [3.63, 3.8) is 0 Å². The Morgan fingerprint density at radius 3 is 2.70 bits per heavy atom. The fraction of sp³-hybridized carbons (Fsp3) is 0.478. The molecule has 3 heterocycles. The smallest absolute Gasteiger partial charge is 0.269 e. The van der Waals surface area contributed by atoms with E-state index in [0.29, 0.717) is 34.4 Å². The average Bonchev–Trinajstić information content (AvgIpc) is 3.31. The molecule has 3 atom stereocenters. The van der Waals surface area contributed by atoms with Crippen LogP contribution in [0, 0.1) is 5.92 Å². The van der Waals surface area contributed by atoms with Crippen LogP contribution < -0.4 is 20.1 Å². The monoisotopic (exact) mass is 490 g/mol. The molecule has 0 bridgehead atoms. The van der Waals surface area contributed by atoms with E-state index in [1.807, 2.05) is 12.1 Å². The van der Waals surface area contributed by atoms with Crippen molar-refractivity contribution >= 4 is 38.0 Å². The minimum absolute atomic E-state index is 0.0452. The van der Waals surface area contributed by atoms with Crippen LogP contribution in [0.15, 0.2) is 24.3 Å². The summed E-state index contributed by atoms with van der Waals surface area (Å²) < 4.78 is 35.1. The van der Waals surface area contributed by atoms with E-state index in [9.17, 15) is 18.0 Å². The predicted octanol–water partition coefficient (Wildman–Crippen LogP) is 2.57. The lowest BCUT2D eigenvalue weighted by atomic mass is 9.88. The van der Waals surface area contributed by atoms with Crippen LogP contribution in [0.25, 0.3) is 0 Å². The van der Waals surface area contributed by atoms with Gasteiger partial charge < -0.3 is 20.1 Å². The van der Waals surface area contributed by atoms with Gasteiger partial charge in [-0.15, -0.1) is 11.3 Å². The molecule has 33 heavy (non-hydrogen) atoms. The second-order valence-corrected chi connectivity index (χ2v) is 12.3. The number of benzene rings is 1. The van der Waals surface area contributed by atoms with E-state index in [1.165, 1.54) is 11.3 Å². The third-order valence-corrected chi connectivity index (χ3v) is 9.28. The number of sulfone groups is 1. The van der Waals surface area contributed by atoms with Gasteiger partial charge in [-0.2, -0.15) is 0 Å². The Labute approximate surface area is 196 Å². The van der Waals surface area contributed by atoms with Crippen molar-refractivity contribution in [1.82, 2.24) is 5.32 Å². The van der Waals surface area contributed by atoms with Gasteiger partial charge in [0.15, 0.2) is 21.3 Å². The summed E-state index contributed by atoms with van der Waals surface area (Å²) in [6, 6.07) is 6.76. The topological polar surface area (TPSA) is 111 Å². The van der Waals surface area contributed by atoms with E-state index in [2.05, 4.69) is 17.6 Å². The van der Waals surface area contributed by atoms with Gasteiger partial charge in [0.05, 0.1) is 17.1 Å². The largest absolute Gasteiger partial charge is 0.485 e. The fourth-order valence-electron chi connectivity index (χ4n) is 4.59. The highest BCUT2D eigenvalue weighted by atomic mass is 32.2. The van der Waals surface area contributed by atoms with Gasteiger partial charge in [-0.3, -0.25) is 9.59 Å². The number of rotatable bonds is 4. The number of carbonyl (C=O) groups is 2. The van der Waals surface area contributed by atoms with Gasteiger partial charge in [-0.25, -0.2) is 8.42 Å². The zero-order chi connectivity index (χ0) is 23.2. The van der Waals surface area contributed by atoms with Gasteiger partial charge in [0.1, 0.15) is 11.6 Å². The highest BCUT2D eigenvalue weighted by Gasteiger charge is 2.34. The summed E-state index contributed by atoms with van der Waals surface area (Å²) in [6.45, 7) is 2.25. The summed E-state index contributed by atoms with van der Waals surface area (Å²) in [6.07, 6.45) is 2.14. The number of amides is 2. The Balaban J connectivity index is 1.38. The van der Waals surface area contributed by atoms with Crippen LogP contribution >= 0.6 is 11.3 Å². The van der Waals surface area contributed by atoms with Gasteiger partial charge in [0.2, 0.25) is 6.10 Å². The van der Waals surface area contributed by atoms with Crippen LogP contribution in [-0.4, -0.2) is 50.5 Å². The number of carbonyl (C=O) groups excluding carboxylic acids is 2. The number of hydrogen-bond donors (Lipinski definition) is 2. The standard InChI is InChI=1S/C23H26N2O6S2/c1-13-6-7-15-19(10-13)32-23(20(15)22(27)24-14-8-9-33(28,29)12-14)25-21(26)18-11-30-16-4-2-3-5-17(16)31-18/h2-5,13-14,18H,6-12H2,1H3,(H,24,27)(H,25,26). The first kappa shape index (κ1) is 22.2. The van der Waals surface area contributed by atoms with Crippen LogP contribution in [-0.2, 0) is 27.5 Å². The van der Waals surface area contributed by atoms with E-state index in [0.717, 1.165) is 29.7 Å². The Hall–Kier alpha value is -2.59. The number of fused-ring (bicyclic) bond motifs is 2. The van der Waals surface area contributed by atoms with E-state index in [1.54, 1.807) is 12.1 Å². The molecule has 8 nitrogen and oxygen atoms in total. The SMILES string of the molecule is CC1CCc2c(sc(NC(=O)C3COc4ccccc4O3)c2C(=O)NC2CCS(=O)(=O)C2)C1. The lowest BCUT2D eigenvalue weighted by Gasteiger charge is -2.25. The van der Waals surface area contributed by atoms with Crippen molar-refractivity contribution in [1.29, 1.82) is 0 Å². The minimum Gasteiger partial charge on any atom is -0.485 e. The molecule has 1 aliphatic carbocycles. The highest BCUT2D eigenvalue weighted by Crippen LogP contribution is 2.40. The van der Waals surface area contributed by atoms with Crippen LogP contribution in [0.5, 0.6) is 11.5 Å². The van der Waals surface area contributed by atoms with E-state index in [-0.39, 0.29) is 29.9 Å². The van der Waals surface area contributed by atoms with Crippen molar-refractivity contribution in [2.75, 3.05) is 23.4 Å². The summed E-state index contributed by atoms with van der Waals surface area (Å²) in [5.74, 6) is 0.927. The maximum absolute atomic E-state index is 13.3. The van der Waals surface area contributed by atoms with Gasteiger partial charge in [-0.1, -0.05) is 19.1 Å². The second kappa shape index (κ2) is 8.64. The first-order valence-electron chi connectivity index (χ1n) is 11.1. The maximum atomic E-state index is 13.3. The Bertz CT molecular complexity index is 1210. The lowest BCUT2D eigenvalue weighted by Crippen LogP contribution is -2.41. The lowest BCUT2D eigenvalue weighted by molar-refractivity contribution is -0.125. The molecular weight excluding hydrogens is 464 g/mol. The molecule has 10 heteroatoms. The van der Waals surface area contributed by atoms with E-state index < -0.39 is 22.0 Å². The Morgan fingerprint density at radius 1 is 1.15 bits per heavy atom. The predicted molar refractivity (Wildman–Crippen MR) is 125 cm³/mol. The number of para-hydroxylation sites is 2. The van der Waals surface area contributed by atoms with Crippen molar-refractivity contribution in [2.24, 2.45) is 5.92 Å². The molecular formula is C23H26N2O6S2. The van der Waals surface area contributed by atoms with Crippen molar-refractivity contribution in [3.05, 3.63) is 40.3 Å². The van der Waals surface area contributed by atoms with Gasteiger partial charge in [0.25, 0.3) is 11.8 Å². The third-order valence-electron chi connectivity index (χ3n) is 6.34. The summed E-state index contributed by atoms with van der Waals surface area (Å²) >= 11 is 1.42. The van der Waals surface area contributed by atoms with Crippen LogP contribution in [0.1, 0.15) is 40.6 Å². The quantitative estimate of drug-likeness (QED) is 0.682. The zero-order valence-electron chi connectivity index (χ0n) is 18.3. The van der Waals surface area contributed by atoms with Crippen molar-refractivity contribution in [2.45, 2.75) is 44.8 Å². The van der Waals surface area contributed by atoms with Crippen LogP contribution in [0.2, 0.25) is 0 Å². The maximum Gasteiger partial charge on any atom is 0.269 e. The first-order valence-corrected chi connectivity index (χ1v) is 13.8. The zero-order valence-corrected chi connectivity index (χ0v) is 19.9. The first-order chi connectivity index (χ1) is 15.8. The normalized spacial score (nSPS) is 25.2. The van der Waals surface area contributed by atoms with Gasteiger partial charge >= 0.3 is 0 Å². The van der Waals surface area contributed by atoms with Crippen LogP contribution in [0.4, 0.5) is 5.00 Å². The minimum atomic E-state index is -3.11. The average molecular weight is 491 g/mol. The molecule has 3 unspecified atom stereocenters. The number of nitrogens with one attached hydrogen (secondary N) is 2. The number of anilines is 1. The molecule has 2 amide bonds. The van der Waals surface area contributed by atoms with Gasteiger partial charge in [-0.05, 0) is 49.3 Å². The summed E-state index contributed by atoms with van der Waals surface area (Å²) in [5, 5.41) is 6.27. The molecule has 176 valence electrons. The summed E-state index contributed by atoms with van der Waals surface area (Å²) in [7, 11) is -3.11. The molecule has 3 aliphatic rings. The van der Waals surface area contributed by atoms with E-state index in [4.69, 9.17) is 9.47 Å². The number of hydrogen-bond acceptors (Lipinski definition) is 7. The molecule has 2 N–H and O–H groups in total. The highest BCUT2D eigenvalue weighted by molar-refractivity contribution is 7.91. The molecule has 1 aromatic carbocycles. The van der Waals surface area contributed by atoms with Gasteiger partial charge in [0, 0.05) is 10.9 Å². The molecule has 2 aromatic rings. The molecule has 1 fully saturated rings. The number of thiophene rings is 1. The summed E-state index contributed by atoms with van der Waals surface area (Å²) in [5.41, 5.74) is 1.41. The second-order valence-electron chi connectivity index (χ2n) is 8.98. The molecule has 1 aromatic heterocycles.